The highest BCUT2D eigenvalue weighted by molar-refractivity contribution is 7.99. The molecule has 8 nitrogen and oxygen atoms in total. The van der Waals surface area contributed by atoms with Crippen LogP contribution in [0.15, 0.2) is 23.4 Å². The Hall–Kier alpha value is -3.03. The number of methoxy groups -OCH3 is 2. The Bertz CT molecular complexity index is 1240. The van der Waals surface area contributed by atoms with Crippen molar-refractivity contribution in [3.63, 3.8) is 0 Å². The van der Waals surface area contributed by atoms with Gasteiger partial charge in [0, 0.05) is 17.0 Å². The third-order valence-corrected chi connectivity index (χ3v) is 8.02. The molecule has 0 fully saturated rings. The molecule has 10 heteroatoms. The van der Waals surface area contributed by atoms with Crippen LogP contribution >= 0.6 is 23.1 Å². The monoisotopic (exact) mass is 497 g/mol. The Kier molecular flexibility index (Phi) is 7.44. The van der Waals surface area contributed by atoms with Gasteiger partial charge in [0.25, 0.3) is 0 Å². The smallest absolute Gasteiger partial charge is 0.235 e. The molecule has 3 aromatic rings. The minimum absolute atomic E-state index is 0.161. The maximum atomic E-state index is 12.7. The Morgan fingerprint density at radius 1 is 1.32 bits per heavy atom. The zero-order chi connectivity index (χ0) is 24.2. The van der Waals surface area contributed by atoms with Crippen LogP contribution in [-0.2, 0) is 24.2 Å². The number of rotatable bonds is 8. The molecule has 0 spiro atoms. The fourth-order valence-electron chi connectivity index (χ4n) is 4.12. The van der Waals surface area contributed by atoms with Crippen LogP contribution in [0.3, 0.4) is 0 Å². The lowest BCUT2D eigenvalue weighted by atomic mass is 9.89. The first kappa shape index (κ1) is 24.1. The number of nitriles is 1. The van der Waals surface area contributed by atoms with E-state index in [1.807, 2.05) is 29.7 Å². The fourth-order valence-corrected chi connectivity index (χ4v) is 6.30. The Morgan fingerprint density at radius 2 is 2.12 bits per heavy atom. The number of ether oxygens (including phenoxy) is 2. The molecule has 178 valence electrons. The lowest BCUT2D eigenvalue weighted by Gasteiger charge is -2.17. The van der Waals surface area contributed by atoms with E-state index in [4.69, 9.17) is 9.47 Å². The molecule has 0 radical (unpaired) electrons. The molecule has 1 aliphatic carbocycles. The van der Waals surface area contributed by atoms with Gasteiger partial charge in [-0.15, -0.1) is 21.5 Å². The van der Waals surface area contributed by atoms with E-state index in [0.717, 1.165) is 30.4 Å². The number of nitrogens with one attached hydrogen (secondary N) is 1. The third kappa shape index (κ3) is 4.76. The first-order valence-corrected chi connectivity index (χ1v) is 12.9. The summed E-state index contributed by atoms with van der Waals surface area (Å²) in [4.78, 5) is 14.0. The molecule has 1 aromatic carbocycles. The van der Waals surface area contributed by atoms with Gasteiger partial charge in [-0.3, -0.25) is 4.79 Å². The number of thiophene rings is 1. The summed E-state index contributed by atoms with van der Waals surface area (Å²) in [6.07, 6.45) is 2.95. The molecule has 2 aromatic heterocycles. The van der Waals surface area contributed by atoms with Gasteiger partial charge >= 0.3 is 0 Å². The number of benzene rings is 1. The van der Waals surface area contributed by atoms with Gasteiger partial charge in [0.1, 0.15) is 11.1 Å². The second kappa shape index (κ2) is 10.5. The van der Waals surface area contributed by atoms with Crippen molar-refractivity contribution in [2.45, 2.75) is 44.8 Å². The highest BCUT2D eigenvalue weighted by atomic mass is 32.2. The standard InChI is InChI=1S/C24H27N5O3S2/c1-5-29-22(15-7-9-18(31-3)19(11-15)32-4)27-28-24(29)33-13-21(30)26-23-17(12-25)16-8-6-14(2)10-20(16)34-23/h7,9,11,14H,5-6,8,10,13H2,1-4H3,(H,26,30). The summed E-state index contributed by atoms with van der Waals surface area (Å²) in [7, 11) is 3.19. The van der Waals surface area contributed by atoms with E-state index in [9.17, 15) is 10.1 Å². The summed E-state index contributed by atoms with van der Waals surface area (Å²) in [6.45, 7) is 4.88. The maximum Gasteiger partial charge on any atom is 0.235 e. The minimum atomic E-state index is -0.161. The topological polar surface area (TPSA) is 102 Å². The SMILES string of the molecule is CCn1c(SCC(=O)Nc2sc3c(c2C#N)CCC(C)C3)nnc1-c1ccc(OC)c(OC)c1. The molecule has 0 bridgehead atoms. The van der Waals surface area contributed by atoms with E-state index in [1.165, 1.54) is 28.0 Å². The van der Waals surface area contributed by atoms with Crippen LogP contribution in [0.25, 0.3) is 11.4 Å². The number of amides is 1. The zero-order valence-electron chi connectivity index (χ0n) is 19.7. The van der Waals surface area contributed by atoms with Crippen LogP contribution < -0.4 is 14.8 Å². The molecule has 1 amide bonds. The predicted octanol–water partition coefficient (Wildman–Crippen LogP) is 4.77. The molecule has 0 saturated carbocycles. The molecular weight excluding hydrogens is 470 g/mol. The number of nitrogens with zero attached hydrogens (tertiary/aromatic N) is 4. The molecule has 1 N–H and O–H groups in total. The normalized spacial score (nSPS) is 14.9. The lowest BCUT2D eigenvalue weighted by molar-refractivity contribution is -0.113. The first-order chi connectivity index (χ1) is 16.5. The van der Waals surface area contributed by atoms with Gasteiger partial charge in [0.2, 0.25) is 5.91 Å². The molecule has 1 unspecified atom stereocenters. The number of anilines is 1. The van der Waals surface area contributed by atoms with Crippen LogP contribution in [0, 0.1) is 17.2 Å². The first-order valence-electron chi connectivity index (χ1n) is 11.1. The lowest BCUT2D eigenvalue weighted by Crippen LogP contribution is -2.14. The largest absolute Gasteiger partial charge is 0.493 e. The van der Waals surface area contributed by atoms with Crippen molar-refractivity contribution in [3.8, 4) is 29.0 Å². The van der Waals surface area contributed by atoms with Crippen LogP contribution in [0.4, 0.5) is 5.00 Å². The van der Waals surface area contributed by atoms with E-state index in [2.05, 4.69) is 28.5 Å². The van der Waals surface area contributed by atoms with Crippen LogP contribution in [0.1, 0.15) is 36.3 Å². The number of carbonyl (C=O) groups excluding carboxylic acids is 1. The second-order valence-electron chi connectivity index (χ2n) is 8.12. The molecule has 0 aliphatic heterocycles. The number of thioether (sulfide) groups is 1. The van der Waals surface area contributed by atoms with Crippen molar-refractivity contribution in [2.24, 2.45) is 5.92 Å². The summed E-state index contributed by atoms with van der Waals surface area (Å²) in [5.74, 6) is 2.57. The van der Waals surface area contributed by atoms with Crippen LogP contribution in [0.2, 0.25) is 0 Å². The number of fused-ring (bicyclic) bond motifs is 1. The predicted molar refractivity (Wildman–Crippen MR) is 134 cm³/mol. The molecule has 0 saturated heterocycles. The third-order valence-electron chi connectivity index (χ3n) is 5.88. The highest BCUT2D eigenvalue weighted by Gasteiger charge is 2.25. The van der Waals surface area contributed by atoms with Gasteiger partial charge in [-0.1, -0.05) is 18.7 Å². The molecule has 2 heterocycles. The molecule has 1 aliphatic rings. The van der Waals surface area contributed by atoms with Crippen molar-refractivity contribution >= 4 is 34.0 Å². The van der Waals surface area contributed by atoms with Gasteiger partial charge in [-0.05, 0) is 55.9 Å². The highest BCUT2D eigenvalue weighted by Crippen LogP contribution is 2.39. The Labute approximate surface area is 207 Å². The Balaban J connectivity index is 1.47. The molecule has 1 atom stereocenters. The number of hydrogen-bond donors (Lipinski definition) is 1. The van der Waals surface area contributed by atoms with E-state index in [-0.39, 0.29) is 11.7 Å². The van der Waals surface area contributed by atoms with E-state index in [0.29, 0.717) is 45.5 Å². The van der Waals surface area contributed by atoms with Gasteiger partial charge in [0.15, 0.2) is 22.5 Å². The number of carbonyl (C=O) groups is 1. The van der Waals surface area contributed by atoms with E-state index in [1.54, 1.807) is 14.2 Å². The number of aromatic nitrogens is 3. The summed E-state index contributed by atoms with van der Waals surface area (Å²) in [5, 5.41) is 22.6. The van der Waals surface area contributed by atoms with E-state index >= 15 is 0 Å². The number of hydrogen-bond acceptors (Lipinski definition) is 8. The summed E-state index contributed by atoms with van der Waals surface area (Å²) >= 11 is 2.86. The summed E-state index contributed by atoms with van der Waals surface area (Å²) in [6, 6.07) is 7.89. The van der Waals surface area contributed by atoms with Crippen LogP contribution in [0.5, 0.6) is 11.5 Å². The van der Waals surface area contributed by atoms with Crippen molar-refractivity contribution in [2.75, 3.05) is 25.3 Å². The second-order valence-corrected chi connectivity index (χ2v) is 10.2. The zero-order valence-corrected chi connectivity index (χ0v) is 21.3. The summed E-state index contributed by atoms with van der Waals surface area (Å²) < 4.78 is 12.7. The van der Waals surface area contributed by atoms with Gasteiger partial charge < -0.3 is 19.4 Å². The molecule has 4 rings (SSSR count). The fraction of sp³-hybridized carbons (Fsp3) is 0.417. The molecular formula is C24H27N5O3S2. The molecule has 34 heavy (non-hydrogen) atoms. The van der Waals surface area contributed by atoms with Crippen molar-refractivity contribution < 1.29 is 14.3 Å². The van der Waals surface area contributed by atoms with Crippen molar-refractivity contribution in [1.82, 2.24) is 14.8 Å². The van der Waals surface area contributed by atoms with E-state index < -0.39 is 0 Å². The van der Waals surface area contributed by atoms with Gasteiger partial charge in [-0.2, -0.15) is 5.26 Å². The minimum Gasteiger partial charge on any atom is -0.493 e. The van der Waals surface area contributed by atoms with Gasteiger partial charge in [-0.25, -0.2) is 0 Å². The van der Waals surface area contributed by atoms with Crippen molar-refractivity contribution in [1.29, 1.82) is 5.26 Å². The van der Waals surface area contributed by atoms with Crippen LogP contribution in [-0.4, -0.2) is 40.6 Å². The summed E-state index contributed by atoms with van der Waals surface area (Å²) in [5.41, 5.74) is 2.58. The average molecular weight is 498 g/mol. The quantitative estimate of drug-likeness (QED) is 0.447. The Morgan fingerprint density at radius 3 is 2.82 bits per heavy atom. The maximum absolute atomic E-state index is 12.7. The van der Waals surface area contributed by atoms with Crippen molar-refractivity contribution in [3.05, 3.63) is 34.2 Å². The average Bonchev–Trinajstić information content (AvgIpc) is 3.41. The van der Waals surface area contributed by atoms with Gasteiger partial charge in [0.05, 0.1) is 25.5 Å².